The van der Waals surface area contributed by atoms with E-state index < -0.39 is 36.1 Å². The van der Waals surface area contributed by atoms with Gasteiger partial charge in [0.1, 0.15) is 12.6 Å². The number of nitrogens with one attached hydrogen (secondary N) is 1. The summed E-state index contributed by atoms with van der Waals surface area (Å²) in [5.41, 5.74) is -1.34. The molecule has 0 bridgehead atoms. The van der Waals surface area contributed by atoms with Crippen molar-refractivity contribution in [2.24, 2.45) is 5.41 Å². The lowest BCUT2D eigenvalue weighted by atomic mass is 9.85. The van der Waals surface area contributed by atoms with Crippen LogP contribution in [-0.4, -0.2) is 29.4 Å². The van der Waals surface area contributed by atoms with Crippen molar-refractivity contribution in [3.05, 3.63) is 35.9 Å². The smallest absolute Gasteiger partial charge is 0.408 e. The van der Waals surface area contributed by atoms with Crippen LogP contribution in [0, 0.1) is 5.41 Å². The Balaban J connectivity index is 2.54. The van der Waals surface area contributed by atoms with Crippen molar-refractivity contribution in [3.63, 3.8) is 0 Å². The highest BCUT2D eigenvalue weighted by Gasteiger charge is 2.47. The number of carbonyl (C=O) groups excluding carboxylic acids is 1. The summed E-state index contributed by atoms with van der Waals surface area (Å²) in [5, 5.41) is 11.1. The minimum absolute atomic E-state index is 0.0624. The molecular weight excluding hydrogens is 327 g/mol. The lowest BCUT2D eigenvalue weighted by Gasteiger charge is -2.28. The molecule has 0 saturated carbocycles. The summed E-state index contributed by atoms with van der Waals surface area (Å²) < 4.78 is 43.3. The molecule has 0 heterocycles. The van der Waals surface area contributed by atoms with E-state index in [0.29, 0.717) is 5.56 Å². The average Bonchev–Trinajstić information content (AvgIpc) is 2.49. The molecule has 0 aliphatic carbocycles. The van der Waals surface area contributed by atoms with Crippen LogP contribution in [0.4, 0.5) is 18.0 Å². The predicted octanol–water partition coefficient (Wildman–Crippen LogP) is 3.73. The Kier molecular flexibility index (Phi) is 6.62. The molecule has 1 aromatic carbocycles. The molecule has 1 rings (SSSR count). The lowest BCUT2D eigenvalue weighted by molar-refractivity contribution is -0.214. The molecule has 1 aromatic rings. The van der Waals surface area contributed by atoms with Crippen LogP contribution in [0.2, 0.25) is 0 Å². The third-order valence-corrected chi connectivity index (χ3v) is 3.63. The number of hydrogen-bond acceptors (Lipinski definition) is 3. The van der Waals surface area contributed by atoms with Gasteiger partial charge < -0.3 is 15.2 Å². The lowest BCUT2D eigenvalue weighted by Crippen LogP contribution is -2.43. The Hall–Kier alpha value is -2.25. The van der Waals surface area contributed by atoms with Crippen LogP contribution >= 0.6 is 0 Å². The van der Waals surface area contributed by atoms with Crippen LogP contribution in [0.1, 0.15) is 32.3 Å². The number of alkyl carbamates (subject to hydrolysis) is 1. The van der Waals surface area contributed by atoms with Crippen LogP contribution in [-0.2, 0) is 16.1 Å². The van der Waals surface area contributed by atoms with E-state index in [2.05, 4.69) is 5.32 Å². The van der Waals surface area contributed by atoms with Gasteiger partial charge in [0.25, 0.3) is 0 Å². The van der Waals surface area contributed by atoms with Crippen molar-refractivity contribution < 1.29 is 32.6 Å². The van der Waals surface area contributed by atoms with E-state index in [-0.39, 0.29) is 13.0 Å². The molecule has 134 valence electrons. The van der Waals surface area contributed by atoms with Crippen LogP contribution < -0.4 is 5.32 Å². The summed E-state index contributed by atoms with van der Waals surface area (Å²) in [6, 6.07) is 7.26. The number of amides is 1. The summed E-state index contributed by atoms with van der Waals surface area (Å²) in [4.78, 5) is 22.8. The minimum Gasteiger partial charge on any atom is -0.480 e. The number of carbonyl (C=O) groups is 2. The zero-order chi connectivity index (χ0) is 18.4. The Morgan fingerprint density at radius 1 is 1.21 bits per heavy atom. The molecule has 0 aliphatic heterocycles. The van der Waals surface area contributed by atoms with Crippen LogP contribution in [0.25, 0.3) is 0 Å². The van der Waals surface area contributed by atoms with E-state index in [1.165, 1.54) is 0 Å². The van der Waals surface area contributed by atoms with Crippen molar-refractivity contribution in [3.8, 4) is 0 Å². The highest BCUT2D eigenvalue weighted by atomic mass is 19.4. The van der Waals surface area contributed by atoms with Crippen LogP contribution in [0.15, 0.2) is 30.3 Å². The molecule has 0 fully saturated rings. The van der Waals surface area contributed by atoms with E-state index in [9.17, 15) is 22.8 Å². The quantitative estimate of drug-likeness (QED) is 0.788. The summed E-state index contributed by atoms with van der Waals surface area (Å²) >= 11 is 0. The number of halogens is 3. The normalized spacial score (nSPS) is 13.2. The third-order valence-electron chi connectivity index (χ3n) is 3.63. The van der Waals surface area contributed by atoms with Gasteiger partial charge in [-0.25, -0.2) is 9.59 Å². The SMILES string of the molecule is CC(C)(CCC(NC(=O)OCc1ccccc1)C(=O)O)C(F)(F)F. The fourth-order valence-corrected chi connectivity index (χ4v) is 1.81. The molecule has 24 heavy (non-hydrogen) atoms. The predicted molar refractivity (Wildman–Crippen MR) is 80.3 cm³/mol. The van der Waals surface area contributed by atoms with Gasteiger partial charge in [0.2, 0.25) is 0 Å². The molecule has 0 aromatic heterocycles. The number of benzene rings is 1. The number of rotatable bonds is 7. The van der Waals surface area contributed by atoms with Gasteiger partial charge in [-0.05, 0) is 18.4 Å². The Morgan fingerprint density at radius 2 is 1.79 bits per heavy atom. The van der Waals surface area contributed by atoms with E-state index in [0.717, 1.165) is 13.8 Å². The number of hydrogen-bond donors (Lipinski definition) is 2. The van der Waals surface area contributed by atoms with Gasteiger partial charge in [-0.3, -0.25) is 0 Å². The fraction of sp³-hybridized carbons (Fsp3) is 0.500. The monoisotopic (exact) mass is 347 g/mol. The number of carboxylic acid groups (broad SMARTS) is 1. The average molecular weight is 347 g/mol. The summed E-state index contributed by atoms with van der Waals surface area (Å²) in [6.45, 7) is 1.91. The number of ether oxygens (including phenoxy) is 1. The maximum absolute atomic E-state index is 12.8. The maximum Gasteiger partial charge on any atom is 0.408 e. The van der Waals surface area contributed by atoms with Crippen molar-refractivity contribution in [2.45, 2.75) is 45.5 Å². The summed E-state index contributed by atoms with van der Waals surface area (Å²) in [6.07, 6.45) is -6.24. The van der Waals surface area contributed by atoms with E-state index in [4.69, 9.17) is 9.84 Å². The summed E-state index contributed by atoms with van der Waals surface area (Å²) in [5.74, 6) is -1.41. The first-order valence-electron chi connectivity index (χ1n) is 7.29. The molecule has 1 amide bonds. The number of aliphatic carboxylic acids is 1. The van der Waals surface area contributed by atoms with Crippen molar-refractivity contribution in [2.75, 3.05) is 0 Å². The molecule has 8 heteroatoms. The maximum atomic E-state index is 12.8. The Labute approximate surface area is 137 Å². The van der Waals surface area contributed by atoms with Gasteiger partial charge in [-0.1, -0.05) is 44.2 Å². The molecule has 1 atom stereocenters. The van der Waals surface area contributed by atoms with Gasteiger partial charge in [0.15, 0.2) is 0 Å². The second-order valence-corrected chi connectivity index (χ2v) is 6.02. The second-order valence-electron chi connectivity index (χ2n) is 6.02. The van der Waals surface area contributed by atoms with Gasteiger partial charge >= 0.3 is 18.2 Å². The first-order chi connectivity index (χ1) is 11.0. The van der Waals surface area contributed by atoms with Gasteiger partial charge in [-0.15, -0.1) is 0 Å². The van der Waals surface area contributed by atoms with E-state index >= 15 is 0 Å². The first-order valence-corrected chi connectivity index (χ1v) is 7.29. The number of alkyl halides is 3. The van der Waals surface area contributed by atoms with E-state index in [1.54, 1.807) is 30.3 Å². The fourth-order valence-electron chi connectivity index (χ4n) is 1.81. The zero-order valence-corrected chi connectivity index (χ0v) is 13.4. The highest BCUT2D eigenvalue weighted by molar-refractivity contribution is 5.79. The molecule has 0 radical (unpaired) electrons. The molecule has 1 unspecified atom stereocenters. The topological polar surface area (TPSA) is 75.6 Å². The summed E-state index contributed by atoms with van der Waals surface area (Å²) in [7, 11) is 0. The highest BCUT2D eigenvalue weighted by Crippen LogP contribution is 2.41. The van der Waals surface area contributed by atoms with Crippen molar-refractivity contribution in [1.82, 2.24) is 5.32 Å². The van der Waals surface area contributed by atoms with Gasteiger partial charge in [-0.2, -0.15) is 13.2 Å². The van der Waals surface area contributed by atoms with Gasteiger partial charge in [0.05, 0.1) is 5.41 Å². The Bertz CT molecular complexity index is 558. The Morgan fingerprint density at radius 3 is 2.29 bits per heavy atom. The second kappa shape index (κ2) is 8.03. The minimum atomic E-state index is -4.45. The molecule has 2 N–H and O–H groups in total. The molecular formula is C16H20F3NO4. The largest absolute Gasteiger partial charge is 0.480 e. The third kappa shape index (κ3) is 6.10. The first kappa shape index (κ1) is 19.8. The van der Waals surface area contributed by atoms with Crippen LogP contribution in [0.3, 0.4) is 0 Å². The van der Waals surface area contributed by atoms with Crippen molar-refractivity contribution >= 4 is 12.1 Å². The molecule has 5 nitrogen and oxygen atoms in total. The molecule has 0 aliphatic rings. The molecule has 0 saturated heterocycles. The number of carboxylic acids is 1. The van der Waals surface area contributed by atoms with Crippen LogP contribution in [0.5, 0.6) is 0 Å². The zero-order valence-electron chi connectivity index (χ0n) is 13.4. The molecule has 0 spiro atoms. The van der Waals surface area contributed by atoms with Crippen molar-refractivity contribution in [1.29, 1.82) is 0 Å². The van der Waals surface area contributed by atoms with E-state index in [1.807, 2.05) is 0 Å². The standard InChI is InChI=1S/C16H20F3NO4/c1-15(2,16(17,18)19)9-8-12(13(21)22)20-14(23)24-10-11-6-4-3-5-7-11/h3-7,12H,8-10H2,1-2H3,(H,20,23)(H,21,22). The van der Waals surface area contributed by atoms with Gasteiger partial charge in [0, 0.05) is 0 Å².